The molecule has 0 saturated carbocycles. The Morgan fingerprint density at radius 2 is 1.33 bits per heavy atom. The molecule has 2 aromatic heterocycles. The summed E-state index contributed by atoms with van der Waals surface area (Å²) in [5.74, 6) is -1.91. The molecule has 5 nitrogen and oxygen atoms in total. The van der Waals surface area contributed by atoms with Gasteiger partial charge in [0.2, 0.25) is 0 Å². The minimum absolute atomic E-state index is 0.0172. The van der Waals surface area contributed by atoms with E-state index < -0.39 is 11.8 Å². The maximum absolute atomic E-state index is 13.3. The van der Waals surface area contributed by atoms with Gasteiger partial charge in [0.1, 0.15) is 17.2 Å². The number of aromatic carboxylic acids is 1. The van der Waals surface area contributed by atoms with Gasteiger partial charge in [-0.25, -0.2) is 28.5 Å². The topological polar surface area (TPSA) is 76.0 Å². The second kappa shape index (κ2) is 6.53. The summed E-state index contributed by atoms with van der Waals surface area (Å²) in [7, 11) is 0. The smallest absolute Gasteiger partial charge is 0.337 e. The van der Waals surface area contributed by atoms with Gasteiger partial charge < -0.3 is 5.11 Å². The van der Waals surface area contributed by atoms with Gasteiger partial charge in [0.05, 0.1) is 17.0 Å². The summed E-state index contributed by atoms with van der Waals surface area (Å²) in [6.45, 7) is 0. The molecule has 0 aliphatic heterocycles. The number of pyridine rings is 1. The number of aromatic nitrogens is 3. The average molecular weight is 363 g/mol. The summed E-state index contributed by atoms with van der Waals surface area (Å²) >= 11 is 0. The van der Waals surface area contributed by atoms with E-state index in [-0.39, 0.29) is 17.0 Å². The van der Waals surface area contributed by atoms with Crippen LogP contribution in [0.3, 0.4) is 0 Å². The molecule has 0 atom stereocenters. The average Bonchev–Trinajstić information content (AvgIpc) is 2.68. The van der Waals surface area contributed by atoms with Gasteiger partial charge in [0.15, 0.2) is 5.65 Å². The van der Waals surface area contributed by atoms with Crippen LogP contribution in [0.15, 0.2) is 60.8 Å². The fourth-order valence-electron chi connectivity index (χ4n) is 2.68. The van der Waals surface area contributed by atoms with Crippen LogP contribution in [0.25, 0.3) is 33.7 Å². The lowest BCUT2D eigenvalue weighted by atomic mass is 10.0. The lowest BCUT2D eigenvalue weighted by Gasteiger charge is -2.10. The first-order valence-corrected chi connectivity index (χ1v) is 7.94. The Morgan fingerprint density at radius 3 is 1.85 bits per heavy atom. The highest BCUT2D eigenvalue weighted by atomic mass is 19.1. The van der Waals surface area contributed by atoms with E-state index in [2.05, 4.69) is 15.0 Å². The molecule has 4 aromatic rings. The van der Waals surface area contributed by atoms with Crippen molar-refractivity contribution in [2.24, 2.45) is 0 Å². The van der Waals surface area contributed by atoms with E-state index in [9.17, 15) is 13.6 Å². The van der Waals surface area contributed by atoms with Crippen molar-refractivity contribution in [3.63, 3.8) is 0 Å². The van der Waals surface area contributed by atoms with E-state index in [0.29, 0.717) is 28.0 Å². The zero-order chi connectivity index (χ0) is 19.0. The highest BCUT2D eigenvalue weighted by Gasteiger charge is 2.15. The van der Waals surface area contributed by atoms with Gasteiger partial charge in [0.25, 0.3) is 0 Å². The second-order valence-corrected chi connectivity index (χ2v) is 5.81. The number of carboxylic acids is 1. The molecule has 0 fully saturated rings. The third-order valence-corrected chi connectivity index (χ3v) is 4.00. The quantitative estimate of drug-likeness (QED) is 0.586. The molecule has 132 valence electrons. The molecular weight excluding hydrogens is 352 g/mol. The van der Waals surface area contributed by atoms with Crippen LogP contribution in [0.2, 0.25) is 0 Å². The lowest BCUT2D eigenvalue weighted by Crippen LogP contribution is -2.01. The fraction of sp³-hybridized carbons (Fsp3) is 0. The van der Waals surface area contributed by atoms with Gasteiger partial charge in [-0.2, -0.15) is 0 Å². The minimum Gasteiger partial charge on any atom is -0.478 e. The van der Waals surface area contributed by atoms with Gasteiger partial charge in [-0.3, -0.25) is 0 Å². The normalized spacial score (nSPS) is 10.9. The predicted octanol–water partition coefficient (Wildman–Crippen LogP) is 4.34. The molecule has 0 aliphatic carbocycles. The zero-order valence-electron chi connectivity index (χ0n) is 13.7. The number of hydrogen-bond donors (Lipinski definition) is 1. The maximum Gasteiger partial charge on any atom is 0.337 e. The van der Waals surface area contributed by atoms with E-state index in [1.807, 2.05) is 0 Å². The van der Waals surface area contributed by atoms with Crippen LogP contribution in [-0.2, 0) is 0 Å². The van der Waals surface area contributed by atoms with Crippen molar-refractivity contribution in [2.45, 2.75) is 0 Å². The van der Waals surface area contributed by atoms with Crippen molar-refractivity contribution in [2.75, 3.05) is 0 Å². The molecule has 27 heavy (non-hydrogen) atoms. The molecule has 0 saturated heterocycles. The summed E-state index contributed by atoms with van der Waals surface area (Å²) in [5.41, 5.74) is 2.57. The third kappa shape index (κ3) is 3.22. The summed E-state index contributed by atoms with van der Waals surface area (Å²) in [6.07, 6.45) is 1.20. The first-order chi connectivity index (χ1) is 13.0. The molecule has 0 aliphatic rings. The number of halogens is 2. The van der Waals surface area contributed by atoms with Crippen LogP contribution in [-0.4, -0.2) is 26.0 Å². The van der Waals surface area contributed by atoms with Crippen LogP contribution >= 0.6 is 0 Å². The highest BCUT2D eigenvalue weighted by Crippen LogP contribution is 2.31. The van der Waals surface area contributed by atoms with Crippen molar-refractivity contribution < 1.29 is 18.7 Å². The first-order valence-electron chi connectivity index (χ1n) is 7.94. The fourth-order valence-corrected chi connectivity index (χ4v) is 2.68. The van der Waals surface area contributed by atoms with Crippen LogP contribution in [0.4, 0.5) is 8.78 Å². The van der Waals surface area contributed by atoms with Crippen molar-refractivity contribution in [1.29, 1.82) is 0 Å². The summed E-state index contributed by atoms with van der Waals surface area (Å²) in [5, 5.41) is 9.15. The van der Waals surface area contributed by atoms with E-state index in [0.717, 1.165) is 0 Å². The van der Waals surface area contributed by atoms with Gasteiger partial charge >= 0.3 is 5.97 Å². The lowest BCUT2D eigenvalue weighted by molar-refractivity contribution is 0.0696. The molecule has 4 rings (SSSR count). The van der Waals surface area contributed by atoms with Crippen LogP contribution in [0.1, 0.15) is 10.4 Å². The summed E-state index contributed by atoms with van der Waals surface area (Å²) < 4.78 is 26.6. The Bertz CT molecular complexity index is 1160. The minimum atomic E-state index is -1.13. The molecule has 2 aromatic carbocycles. The van der Waals surface area contributed by atoms with Crippen molar-refractivity contribution in [3.8, 4) is 22.5 Å². The molecule has 0 bridgehead atoms. The Morgan fingerprint density at radius 1 is 0.815 bits per heavy atom. The number of carbonyl (C=O) groups is 1. The van der Waals surface area contributed by atoms with Gasteiger partial charge in [0, 0.05) is 17.3 Å². The van der Waals surface area contributed by atoms with Crippen molar-refractivity contribution in [1.82, 2.24) is 15.0 Å². The second-order valence-electron chi connectivity index (χ2n) is 5.81. The van der Waals surface area contributed by atoms with Gasteiger partial charge in [-0.15, -0.1) is 0 Å². The van der Waals surface area contributed by atoms with Crippen molar-refractivity contribution in [3.05, 3.63) is 78.0 Å². The molecule has 0 radical (unpaired) electrons. The molecular formula is C20H11F2N3O2. The number of fused-ring (bicyclic) bond motifs is 1. The first kappa shape index (κ1) is 16.7. The Balaban J connectivity index is 2.00. The SMILES string of the molecule is O=C(O)c1cnc2nc(-c3ccc(F)cc3)c(-c3ccc(F)cc3)nc2c1. The highest BCUT2D eigenvalue weighted by molar-refractivity contribution is 5.92. The van der Waals surface area contributed by atoms with E-state index >= 15 is 0 Å². The Kier molecular flexibility index (Phi) is 4.04. The number of rotatable bonds is 3. The molecule has 0 unspecified atom stereocenters. The molecule has 7 heteroatoms. The Hall–Kier alpha value is -3.74. The number of benzene rings is 2. The van der Waals surface area contributed by atoms with Gasteiger partial charge in [-0.05, 0) is 54.6 Å². The third-order valence-electron chi connectivity index (χ3n) is 4.00. The Labute approximate surface area is 152 Å². The molecule has 0 spiro atoms. The number of nitrogens with zero attached hydrogens (tertiary/aromatic N) is 3. The molecule has 2 heterocycles. The predicted molar refractivity (Wildman–Crippen MR) is 95.1 cm³/mol. The standard InChI is InChI=1S/C20H11F2N3O2/c21-14-5-1-11(2-6-14)17-18(12-3-7-15(22)8-4-12)25-19-16(24-17)9-13(10-23-19)20(26)27/h1-10H,(H,26,27). The van der Waals surface area contributed by atoms with Gasteiger partial charge in [-0.1, -0.05) is 0 Å². The van der Waals surface area contributed by atoms with Crippen molar-refractivity contribution >= 4 is 17.1 Å². The van der Waals surface area contributed by atoms with E-state index in [1.165, 1.54) is 36.5 Å². The summed E-state index contributed by atoms with van der Waals surface area (Å²) in [6, 6.07) is 12.8. The van der Waals surface area contributed by atoms with Crippen LogP contribution in [0.5, 0.6) is 0 Å². The van der Waals surface area contributed by atoms with Crippen LogP contribution in [0, 0.1) is 11.6 Å². The van der Waals surface area contributed by atoms with E-state index in [1.54, 1.807) is 24.3 Å². The monoisotopic (exact) mass is 363 g/mol. The number of carboxylic acid groups (broad SMARTS) is 1. The zero-order valence-corrected chi connectivity index (χ0v) is 13.7. The van der Waals surface area contributed by atoms with E-state index in [4.69, 9.17) is 5.11 Å². The molecule has 0 amide bonds. The number of hydrogen-bond acceptors (Lipinski definition) is 4. The molecule has 1 N–H and O–H groups in total. The maximum atomic E-state index is 13.3. The largest absolute Gasteiger partial charge is 0.478 e. The van der Waals surface area contributed by atoms with Crippen LogP contribution < -0.4 is 0 Å². The summed E-state index contributed by atoms with van der Waals surface area (Å²) in [4.78, 5) is 24.3.